The highest BCUT2D eigenvalue weighted by Gasteiger charge is 2.46. The molecule has 7 nitrogen and oxygen atoms in total. The predicted molar refractivity (Wildman–Crippen MR) is 131 cm³/mol. The zero-order valence-electron chi connectivity index (χ0n) is 20.0. The van der Waals surface area contributed by atoms with Crippen molar-refractivity contribution in [2.75, 3.05) is 25.2 Å². The van der Waals surface area contributed by atoms with Gasteiger partial charge in [0.05, 0.1) is 41.8 Å². The van der Waals surface area contributed by atoms with Gasteiger partial charge in [-0.1, -0.05) is 23.4 Å². The third-order valence-corrected chi connectivity index (χ3v) is 7.31. The Morgan fingerprint density at radius 3 is 2.69 bits per heavy atom. The second-order valence-electron chi connectivity index (χ2n) is 9.26. The fraction of sp³-hybridized carbons (Fsp3) is 0.370. The maximum absolute atomic E-state index is 15.4. The van der Waals surface area contributed by atoms with E-state index in [0.717, 1.165) is 52.4 Å². The highest BCUT2D eigenvalue weighted by molar-refractivity contribution is 6.03. The molecule has 1 fully saturated rings. The summed E-state index contributed by atoms with van der Waals surface area (Å²) in [6.07, 6.45) is 5.43. The van der Waals surface area contributed by atoms with Crippen LogP contribution in [0.2, 0.25) is 0 Å². The number of anilines is 1. The van der Waals surface area contributed by atoms with Crippen molar-refractivity contribution < 1.29 is 18.4 Å². The predicted octanol–water partition coefficient (Wildman–Crippen LogP) is 5.25. The molecule has 1 unspecified atom stereocenters. The van der Waals surface area contributed by atoms with Crippen molar-refractivity contribution in [1.29, 1.82) is 0 Å². The van der Waals surface area contributed by atoms with Gasteiger partial charge in [0.25, 0.3) is 0 Å². The number of hydrogen-bond acceptors (Lipinski definition) is 7. The maximum Gasteiger partial charge on any atom is 0.220 e. The van der Waals surface area contributed by atoms with Crippen molar-refractivity contribution >= 4 is 17.5 Å². The van der Waals surface area contributed by atoms with E-state index in [9.17, 15) is 0 Å². The Labute approximate surface area is 203 Å². The van der Waals surface area contributed by atoms with E-state index < -0.39 is 0 Å². The highest BCUT2D eigenvalue weighted by atomic mass is 19.1. The molecule has 0 aliphatic carbocycles. The van der Waals surface area contributed by atoms with E-state index in [1.54, 1.807) is 13.2 Å². The molecule has 0 spiro atoms. The first-order valence-electron chi connectivity index (χ1n) is 11.9. The summed E-state index contributed by atoms with van der Waals surface area (Å²) in [5.41, 5.74) is 6.00. The second kappa shape index (κ2) is 8.61. The van der Waals surface area contributed by atoms with Crippen LogP contribution in [0, 0.1) is 25.6 Å². The molecular weight excluding hydrogens is 447 g/mol. The number of pyridine rings is 1. The average Bonchev–Trinajstić information content (AvgIpc) is 3.54. The first-order valence-corrected chi connectivity index (χ1v) is 11.9. The maximum atomic E-state index is 15.4. The molecule has 2 aromatic heterocycles. The van der Waals surface area contributed by atoms with Crippen molar-refractivity contribution in [3.63, 3.8) is 0 Å². The van der Waals surface area contributed by atoms with Gasteiger partial charge in [0.2, 0.25) is 5.88 Å². The molecule has 1 aromatic carbocycles. The fourth-order valence-electron chi connectivity index (χ4n) is 5.76. The van der Waals surface area contributed by atoms with Gasteiger partial charge >= 0.3 is 0 Å². The fourth-order valence-corrected chi connectivity index (χ4v) is 5.76. The molecule has 180 valence electrons. The van der Waals surface area contributed by atoms with E-state index >= 15 is 4.39 Å². The lowest BCUT2D eigenvalue weighted by molar-refractivity contribution is 0.0569. The van der Waals surface area contributed by atoms with E-state index in [1.807, 2.05) is 38.4 Å². The molecule has 8 heteroatoms. The summed E-state index contributed by atoms with van der Waals surface area (Å²) in [7, 11) is 1.62. The number of aliphatic imine (C=N–C) groups is 1. The largest absolute Gasteiger partial charge is 0.481 e. The molecule has 6 rings (SSSR count). The molecule has 5 heterocycles. The Balaban J connectivity index is 1.57. The smallest absolute Gasteiger partial charge is 0.220 e. The van der Waals surface area contributed by atoms with E-state index in [4.69, 9.17) is 19.0 Å². The van der Waals surface area contributed by atoms with Crippen LogP contribution in [0.5, 0.6) is 0 Å². The number of aryl methyl sites for hydroxylation is 2. The number of hydrogen-bond donors (Lipinski definition) is 0. The van der Waals surface area contributed by atoms with Crippen LogP contribution in [0.4, 0.5) is 10.1 Å². The van der Waals surface area contributed by atoms with Crippen LogP contribution in [-0.2, 0) is 9.47 Å². The molecule has 35 heavy (non-hydrogen) atoms. The molecule has 3 aliphatic rings. The van der Waals surface area contributed by atoms with Crippen molar-refractivity contribution in [3.05, 3.63) is 70.9 Å². The summed E-state index contributed by atoms with van der Waals surface area (Å²) in [6, 6.07) is 8.78. The van der Waals surface area contributed by atoms with E-state index in [1.165, 1.54) is 6.07 Å². The number of rotatable bonds is 5. The number of fused-ring (bicyclic) bond motifs is 3. The van der Waals surface area contributed by atoms with Gasteiger partial charge in [0, 0.05) is 42.3 Å². The summed E-state index contributed by atoms with van der Waals surface area (Å²) >= 11 is 0. The van der Waals surface area contributed by atoms with E-state index in [2.05, 4.69) is 21.1 Å². The molecule has 0 saturated carbocycles. The van der Waals surface area contributed by atoms with Crippen LogP contribution in [0.25, 0.3) is 16.7 Å². The average molecular weight is 475 g/mol. The van der Waals surface area contributed by atoms with Gasteiger partial charge < -0.3 is 18.9 Å². The first kappa shape index (κ1) is 22.0. The lowest BCUT2D eigenvalue weighted by Gasteiger charge is -2.40. The minimum atomic E-state index is -0.217. The number of nitrogens with zero attached hydrogens (tertiary/aromatic N) is 4. The zero-order valence-corrected chi connectivity index (χ0v) is 20.0. The molecule has 0 radical (unpaired) electrons. The van der Waals surface area contributed by atoms with Gasteiger partial charge in [-0.25, -0.2) is 9.38 Å². The van der Waals surface area contributed by atoms with Gasteiger partial charge in [0.15, 0.2) is 0 Å². The minimum Gasteiger partial charge on any atom is -0.481 e. The standard InChI is InChI=1S/C27H27FN4O3/c1-15-23(16(2)35-31-15)18-12-21-25(29-13-18)24-22(14-30-27(24)33-3)32(21)26(17-8-10-34-11-9-17)19-6-4-5-7-20(19)28/h4-7,12-14,17,22,26H,8-11H2,1-3H3/t22?,26-/m0/s1. The van der Waals surface area contributed by atoms with E-state index in [-0.39, 0.29) is 23.8 Å². The number of benzene rings is 1. The van der Waals surface area contributed by atoms with Crippen LogP contribution in [-0.4, -0.2) is 42.7 Å². The second-order valence-corrected chi connectivity index (χ2v) is 9.26. The molecule has 0 bridgehead atoms. The summed E-state index contributed by atoms with van der Waals surface area (Å²) in [4.78, 5) is 11.7. The Morgan fingerprint density at radius 2 is 1.97 bits per heavy atom. The van der Waals surface area contributed by atoms with Crippen LogP contribution in [0.15, 0.2) is 51.9 Å². The summed E-state index contributed by atoms with van der Waals surface area (Å²) < 4.78 is 32.1. The number of halogens is 1. The van der Waals surface area contributed by atoms with Gasteiger partial charge in [-0.3, -0.25) is 4.98 Å². The van der Waals surface area contributed by atoms with Crippen LogP contribution < -0.4 is 4.90 Å². The van der Waals surface area contributed by atoms with Crippen LogP contribution in [0.1, 0.15) is 41.6 Å². The van der Waals surface area contributed by atoms with Crippen molar-refractivity contribution in [2.45, 2.75) is 38.8 Å². The van der Waals surface area contributed by atoms with Crippen molar-refractivity contribution in [1.82, 2.24) is 10.1 Å². The molecular formula is C27H27FN4O3. The summed E-state index contributed by atoms with van der Waals surface area (Å²) in [6.45, 7) is 5.16. The van der Waals surface area contributed by atoms with Gasteiger partial charge in [0.1, 0.15) is 11.6 Å². The highest BCUT2D eigenvalue weighted by Crippen LogP contribution is 2.51. The SMILES string of the molecule is COC1=C2c3ncc(-c4c(C)noc4C)cc3N([C@H](c3ccccc3F)C3CCOCC3)C2C=N1. The molecule has 2 atom stereocenters. The first-order chi connectivity index (χ1) is 17.1. The van der Waals surface area contributed by atoms with Crippen LogP contribution >= 0.6 is 0 Å². The molecule has 3 aliphatic heterocycles. The number of ether oxygens (including phenoxy) is 2. The normalized spacial score (nSPS) is 20.3. The molecule has 0 N–H and O–H groups in total. The lowest BCUT2D eigenvalue weighted by atomic mass is 9.85. The Hall–Kier alpha value is -3.52. The van der Waals surface area contributed by atoms with Crippen LogP contribution in [0.3, 0.4) is 0 Å². The third kappa shape index (κ3) is 3.46. The zero-order chi connectivity index (χ0) is 24.1. The monoisotopic (exact) mass is 474 g/mol. The van der Waals surface area contributed by atoms with Crippen molar-refractivity contribution in [2.24, 2.45) is 10.9 Å². The molecule has 1 saturated heterocycles. The van der Waals surface area contributed by atoms with Gasteiger partial charge in [-0.05, 0) is 44.7 Å². The van der Waals surface area contributed by atoms with Crippen molar-refractivity contribution in [3.8, 4) is 11.1 Å². The van der Waals surface area contributed by atoms with Gasteiger partial charge in [-0.15, -0.1) is 0 Å². The summed E-state index contributed by atoms with van der Waals surface area (Å²) in [5, 5.41) is 4.13. The van der Waals surface area contributed by atoms with E-state index in [0.29, 0.717) is 24.7 Å². The van der Waals surface area contributed by atoms with Gasteiger partial charge in [-0.2, -0.15) is 0 Å². The lowest BCUT2D eigenvalue weighted by Crippen LogP contribution is -2.41. The topological polar surface area (TPSA) is 73.0 Å². The Bertz CT molecular complexity index is 1320. The number of aromatic nitrogens is 2. The summed E-state index contributed by atoms with van der Waals surface area (Å²) in [5.74, 6) is 1.29. The quantitative estimate of drug-likeness (QED) is 0.503. The Morgan fingerprint density at radius 1 is 1.17 bits per heavy atom. The minimum absolute atomic E-state index is 0.195. The number of methoxy groups -OCH3 is 1. The Kier molecular flexibility index (Phi) is 5.40. The third-order valence-electron chi connectivity index (χ3n) is 7.31. The molecule has 0 amide bonds. The molecule has 3 aromatic rings.